The second kappa shape index (κ2) is 59.2. The van der Waals surface area contributed by atoms with E-state index in [4.69, 9.17) is 81.5 Å². The van der Waals surface area contributed by atoms with Crippen molar-refractivity contribution < 1.29 is 132 Å². The summed E-state index contributed by atoms with van der Waals surface area (Å²) in [5, 5.41) is 58.5. The molecule has 638 valence electrons. The van der Waals surface area contributed by atoms with Gasteiger partial charge in [0.15, 0.2) is 17.2 Å². The van der Waals surface area contributed by atoms with E-state index in [1.165, 1.54) is 65.3 Å². The maximum Gasteiger partial charge on any atom is 2.00 e. The van der Waals surface area contributed by atoms with Gasteiger partial charge < -0.3 is 80.9 Å². The van der Waals surface area contributed by atoms with Gasteiger partial charge in [-0.25, -0.2) is 41.3 Å². The van der Waals surface area contributed by atoms with Crippen LogP contribution >= 0.6 is 35.6 Å². The summed E-state index contributed by atoms with van der Waals surface area (Å²) in [5.41, 5.74) is -1.78. The molecular weight excluding hydrogens is 1690 g/mol. The zero-order valence-corrected chi connectivity index (χ0v) is 76.5. The number of aliphatic hydroxyl groups excluding tert-OH is 4. The molecule has 36 heteroatoms. The van der Waals surface area contributed by atoms with Gasteiger partial charge in [-0.2, -0.15) is 11.2 Å². The Labute approximate surface area is 753 Å². The summed E-state index contributed by atoms with van der Waals surface area (Å²) < 4.78 is 232. The number of carbonyl (C=O) groups excluding carboxylic acids is 1. The molecule has 2 unspecified atom stereocenters. The van der Waals surface area contributed by atoms with Crippen LogP contribution in [-0.2, 0) is 68.5 Å². The van der Waals surface area contributed by atoms with Crippen LogP contribution in [0.15, 0.2) is 57.6 Å². The molecule has 5 aliphatic carbocycles. The fraction of sp³-hybridized carbons (Fsp3) is 0.693. The van der Waals surface area contributed by atoms with Crippen molar-refractivity contribution >= 4 is 141 Å². The summed E-state index contributed by atoms with van der Waals surface area (Å²) in [6.45, 7) is 8.91. The van der Waals surface area contributed by atoms with Crippen LogP contribution in [0.5, 0.6) is 17.2 Å². The summed E-state index contributed by atoms with van der Waals surface area (Å²) in [6.07, 6.45) is 7.33. The van der Waals surface area contributed by atoms with Crippen molar-refractivity contribution in [1.82, 2.24) is 13.3 Å². The van der Waals surface area contributed by atoms with Crippen LogP contribution in [0.3, 0.4) is 0 Å². The molecule has 0 amide bonds. The Hall–Kier alpha value is -2.55. The quantitative estimate of drug-likeness (QED) is 0.0191. The number of nitrogens with one attached hydrogen (secondary N) is 4. The normalized spacial score (nSPS) is 19.5. The van der Waals surface area contributed by atoms with E-state index in [2.05, 4.69) is 25.1 Å². The molecule has 12 N–H and O–H groups in total. The molecule has 0 bridgehead atoms. The van der Waals surface area contributed by atoms with Crippen LogP contribution in [0.2, 0.25) is 10.0 Å². The van der Waals surface area contributed by atoms with Gasteiger partial charge in [-0.1, -0.05) is 82.3 Å². The summed E-state index contributed by atoms with van der Waals surface area (Å²) in [4.78, 5) is 56.9. The minimum absolute atomic E-state index is 0. The number of nitrogens with two attached hydrogens (primary N) is 1. The van der Waals surface area contributed by atoms with E-state index in [1.54, 1.807) is 55.4 Å². The zero-order valence-electron chi connectivity index (χ0n) is 86.4. The van der Waals surface area contributed by atoms with Gasteiger partial charge in [-0.05, 0) is 201 Å². The van der Waals surface area contributed by atoms with Crippen molar-refractivity contribution in [2.24, 2.45) is 10.1 Å². The van der Waals surface area contributed by atoms with Crippen molar-refractivity contribution in [3.63, 3.8) is 0 Å². The molecule has 4 aromatic rings. The van der Waals surface area contributed by atoms with Gasteiger partial charge in [0, 0.05) is 132 Å². The third kappa shape index (κ3) is 39.3. The molecule has 0 saturated heterocycles. The van der Waals surface area contributed by atoms with Gasteiger partial charge in [0.05, 0.1) is 48.5 Å². The first-order chi connectivity index (χ1) is 57.6. The topological polar surface area (TPSA) is 411 Å². The largest absolute Gasteiger partial charge is 2.00 e. The molecule has 9 rings (SSSR count). The van der Waals surface area contributed by atoms with E-state index in [1.807, 2.05) is 20.8 Å². The van der Waals surface area contributed by atoms with E-state index >= 15 is 0 Å². The number of phenolic OH excluding ortho intramolecular Hbond substituents is 2. The summed E-state index contributed by atoms with van der Waals surface area (Å²) >= 11 is 11.9. The minimum Gasteiger partial charge on any atom is -1.00 e. The number of anilines is 5. The predicted molar refractivity (Wildman–Crippen MR) is 454 cm³/mol. The molecule has 26 nitrogen and oxygen atoms in total. The van der Waals surface area contributed by atoms with Crippen LogP contribution in [0, 0.1) is 6.88 Å². The zero-order chi connectivity index (χ0) is 100. The number of hydrogen-bond donors (Lipinski definition) is 11. The van der Waals surface area contributed by atoms with E-state index in [-0.39, 0.29) is 169 Å². The number of ether oxygens (including phenoxy) is 1. The number of phenols is 2. The van der Waals surface area contributed by atoms with Crippen LogP contribution < -0.4 is 69.8 Å². The minimum atomic E-state index is -4.17. The molecule has 111 heavy (non-hydrogen) atoms. The molecule has 5 saturated carbocycles. The third-order valence-corrected chi connectivity index (χ3v) is 23.4. The first-order valence-electron chi connectivity index (χ1n) is 44.9. The molecule has 2 atom stereocenters. The average molecular weight is 1840 g/mol. The Morgan fingerprint density at radius 2 is 0.955 bits per heavy atom. The van der Waals surface area contributed by atoms with Gasteiger partial charge >= 0.3 is 23.1 Å². The predicted octanol–water partition coefficient (Wildman–Crippen LogP) is 9.70. The average Bonchev–Trinajstić information content (AvgIpc) is 1.68. The standard InChI is InChI=1S/C19H24ClN3O5S.C14H15ClN2O6S.C11H23NOS.C9H17NOS.C7H15N.C5H8O.4C2H6O.C2H5.BrH.ClH.Mg.Ti/c1-4-19(9-5-6-10-19)22-14-13(16(25)17(14)26)21-12-8-7-11(20)18(15(12)24)29(27,28)23(2)3;1-4-23-13-9(11(19)12(13)20)16-8-6-5-7(15)14(10(8)18)24(21,22)17(2)3;1-5-11(8-6-7-9-11)12-14(13)10(2,3)4;1-9(2,3)12(11)10-8-6-4-5-7-8;1-2-7(8)5-3-4-6-7;6-5-3-1-2-4-5;4*1-2-3;1-2;;;;/h7-8,21-22,24H,4-6,9-10H2,1-3H3;5-6,16,18H,4H2,1-3H3;12H,5-9H2,1-4H3;4-7H2,1-3H3;2-6,8H2,1H3;1-4H2;4*3H,2H2,1H3;1H2,2H3;2*1H;;/q;;;;;;;;;;-1;;;+2;/p-1/i1D3,4D2;;1D3,5D2;;1D3,2D2;;;;;;1D2,2D3;;;;. The third-order valence-electron chi connectivity index (χ3n) is 15.7. The van der Waals surface area contributed by atoms with Crippen molar-refractivity contribution in [1.29, 1.82) is 0 Å². The SMILES string of the molecule is CC(C)(C)S(=O)N=C1CCCC1.CCO.CCO.CCO.CCO.CCOc1c(Nc2ccc(Cl)c(S(=O)(=O)N(C)C)c2O)c(=O)c1=O.Cl.O=C1CCCC1.[2H]C([2H])([2H])C([2H])([2H])C1(N)CCCC1.[2H]C([2H])([2H])C([2H])([2H])C1(NS(=O)C(C)(C)C)CCCC1.[2H]C([2H])([2H])C([2H])([2H])C1(Nc2c(Nc3ccc(Cl)c(S(=O)(=O)N(C)C)c3O)c(=O)c2=O)CCCC1.[2H][C-]([2H])C([2H])([2H])[2H].[Br-].[Mg+2].[Ti]. The van der Waals surface area contributed by atoms with Gasteiger partial charge in [-0.3, -0.25) is 24.0 Å². The molecular formula is C75H132BrCl3MgN8O18S4Ti. The molecule has 4 aromatic carbocycles. The number of nitrogens with zero attached hydrogens (tertiary/aromatic N) is 3. The monoisotopic (exact) mass is 1840 g/mol. The van der Waals surface area contributed by atoms with Crippen LogP contribution in [-0.4, -0.2) is 186 Å². The molecule has 0 spiro atoms. The Morgan fingerprint density at radius 1 is 0.604 bits per heavy atom. The second-order valence-corrected chi connectivity index (χ2v) is 35.6. The molecule has 5 aliphatic rings. The fourth-order valence-electron chi connectivity index (χ4n) is 9.91. The Kier molecular flexibility index (Phi) is 44.5. The number of carbonyl (C=O) groups is 1. The number of Topliss-reactive ketones (excluding diaryl/α,β-unsaturated/α-hetero) is 1. The molecule has 0 radical (unpaired) electrons. The van der Waals surface area contributed by atoms with Crippen molar-refractivity contribution in [2.45, 2.75) is 287 Å². The summed E-state index contributed by atoms with van der Waals surface area (Å²) in [6, 6.07) is 4.94. The van der Waals surface area contributed by atoms with Crippen molar-refractivity contribution in [3.8, 4) is 17.2 Å². The van der Waals surface area contributed by atoms with Crippen LogP contribution in [0.1, 0.15) is 279 Å². The first kappa shape index (κ1) is 83.5. The van der Waals surface area contributed by atoms with Gasteiger partial charge in [0.25, 0.3) is 21.7 Å². The number of aromatic hydroxyl groups is 2. The molecule has 0 aromatic heterocycles. The number of sulfonamides is 2. The van der Waals surface area contributed by atoms with E-state index in [0.717, 1.165) is 78.5 Å². The Bertz CT molecular complexity index is 4580. The first-order valence-corrected chi connectivity index (χ1v) is 40.8. The number of ketones is 1. The molecule has 5 fully saturated rings. The van der Waals surface area contributed by atoms with Crippen LogP contribution in [0.4, 0.5) is 28.4 Å². The maximum atomic E-state index is 12.6. The van der Waals surface area contributed by atoms with E-state index in [0.29, 0.717) is 44.3 Å². The maximum absolute atomic E-state index is 12.6. The van der Waals surface area contributed by atoms with Crippen molar-refractivity contribution in [3.05, 3.63) is 82.1 Å². The number of halogens is 4. The van der Waals surface area contributed by atoms with Gasteiger partial charge in [0.2, 0.25) is 20.0 Å². The van der Waals surface area contributed by atoms with Crippen molar-refractivity contribution in [2.75, 3.05) is 77.2 Å². The second-order valence-electron chi connectivity index (χ2n) is 26.7. The Morgan fingerprint density at radius 3 is 1.30 bits per heavy atom. The number of benzene rings is 2. The molecule has 0 aliphatic heterocycles. The summed E-state index contributed by atoms with van der Waals surface area (Å²) in [7, 11) is -5.67. The van der Waals surface area contributed by atoms with Gasteiger partial charge in [-0.15, -0.1) is 12.4 Å². The van der Waals surface area contributed by atoms with Gasteiger partial charge in [0.1, 0.15) is 43.6 Å². The van der Waals surface area contributed by atoms with E-state index in [9.17, 15) is 59.4 Å². The number of aliphatic hydroxyl groups is 4. The summed E-state index contributed by atoms with van der Waals surface area (Å²) in [5.74, 6) is -1.15. The number of rotatable bonds is 18. The van der Waals surface area contributed by atoms with E-state index < -0.39 is 160 Å². The fourth-order valence-corrected chi connectivity index (χ4v) is 14.5. The smallest absolute Gasteiger partial charge is 1.00 e. The van der Waals surface area contributed by atoms with Crippen LogP contribution in [0.25, 0.3) is 0 Å². The number of hydrogen-bond acceptors (Lipinski definition) is 22. The Balaban J connectivity index is -0.000000358. The molecule has 0 heterocycles.